The Balaban J connectivity index is 3.27. The molecule has 60 valence electrons. The fraction of sp³-hybridized carbons (Fsp3) is 0. The molecule has 0 saturated heterocycles. The molecule has 0 radical (unpaired) electrons. The fourth-order valence-corrected chi connectivity index (χ4v) is 0.776. The summed E-state index contributed by atoms with van der Waals surface area (Å²) >= 11 is 0. The van der Waals surface area contributed by atoms with E-state index < -0.39 is 0 Å². The van der Waals surface area contributed by atoms with E-state index in [4.69, 9.17) is 0 Å². The van der Waals surface area contributed by atoms with Crippen molar-refractivity contribution in [3.8, 4) is 0 Å². The van der Waals surface area contributed by atoms with Crippen molar-refractivity contribution in [2.75, 3.05) is 0 Å². The van der Waals surface area contributed by atoms with Gasteiger partial charge in [0.25, 0.3) is 0 Å². The average Bonchev–Trinajstić information content (AvgIpc) is 2.16. The molecule has 0 heterocycles. The van der Waals surface area contributed by atoms with Crippen LogP contribution in [0.25, 0.3) is 0 Å². The third-order valence-electron chi connectivity index (χ3n) is 1.34. The van der Waals surface area contributed by atoms with Crippen LogP contribution >= 0.6 is 0 Å². The van der Waals surface area contributed by atoms with Gasteiger partial charge in [-0.25, -0.2) is 0 Å². The summed E-state index contributed by atoms with van der Waals surface area (Å²) in [5.41, 5.74) is 0.184. The highest BCUT2D eigenvalue weighted by Crippen LogP contribution is 2.22. The normalized spacial score (nSPS) is 9.00. The Hall–Kier alpha value is -1.91. The molecule has 12 heavy (non-hydrogen) atoms. The van der Waals surface area contributed by atoms with Crippen molar-refractivity contribution in [2.45, 2.75) is 0 Å². The molecule has 1 rings (SSSR count). The zero-order chi connectivity index (χ0) is 8.97. The molecule has 0 bridgehead atoms. The molecule has 0 fully saturated rings. The van der Waals surface area contributed by atoms with Crippen LogP contribution in [0.3, 0.4) is 0 Å². The zero-order valence-corrected chi connectivity index (χ0v) is 5.93. The lowest BCUT2D eigenvalue weighted by atomic mass is 10.2. The van der Waals surface area contributed by atoms with Crippen molar-refractivity contribution < 1.29 is 4.79 Å². The molecule has 0 N–H and O–H groups in total. The molecule has 0 aliphatic heterocycles. The minimum absolute atomic E-state index is 0.0115. The van der Waals surface area contributed by atoms with Crippen molar-refractivity contribution in [1.82, 2.24) is 0 Å². The number of hydrogen-bond donors (Lipinski definition) is 0. The Labute approximate surface area is 67.3 Å². The van der Waals surface area contributed by atoms with Crippen molar-refractivity contribution in [1.29, 1.82) is 0 Å². The average molecular weight is 164 g/mol. The summed E-state index contributed by atoms with van der Waals surface area (Å²) in [6, 6.07) is 3.79. The molecule has 0 spiro atoms. The Morgan fingerprint density at radius 3 is 2.42 bits per heavy atom. The maximum atomic E-state index is 10.3. The third-order valence-corrected chi connectivity index (χ3v) is 1.34. The maximum Gasteiger partial charge on any atom is 0.152 e. The lowest BCUT2D eigenvalue weighted by molar-refractivity contribution is 0.112. The van der Waals surface area contributed by atoms with E-state index >= 15 is 0 Å². The summed E-state index contributed by atoms with van der Waals surface area (Å²) in [4.78, 5) is 30.4. The fourth-order valence-electron chi connectivity index (χ4n) is 0.776. The Bertz CT molecular complexity index is 335. The lowest BCUT2D eigenvalue weighted by Gasteiger charge is -1.93. The van der Waals surface area contributed by atoms with Gasteiger partial charge in [0.05, 0.1) is 0 Å². The van der Waals surface area contributed by atoms with Crippen LogP contribution in [0.5, 0.6) is 0 Å². The molecule has 0 aliphatic rings. The number of carbonyl (C=O) groups excluding carboxylic acids is 1. The number of rotatable bonds is 3. The van der Waals surface area contributed by atoms with Gasteiger partial charge in [-0.3, -0.25) is 4.79 Å². The molecule has 5 nitrogen and oxygen atoms in total. The summed E-state index contributed by atoms with van der Waals surface area (Å²) in [5.74, 6) is 0. The lowest BCUT2D eigenvalue weighted by Crippen LogP contribution is -1.79. The number of carbonyl (C=O) groups is 1. The monoisotopic (exact) mass is 164 g/mol. The summed E-state index contributed by atoms with van der Waals surface area (Å²) in [5, 5.41) is 5.19. The molecule has 5 heteroatoms. The second kappa shape index (κ2) is 3.47. The van der Waals surface area contributed by atoms with E-state index in [1.165, 1.54) is 18.2 Å². The van der Waals surface area contributed by atoms with Crippen molar-refractivity contribution in [2.24, 2.45) is 10.4 Å². The maximum absolute atomic E-state index is 10.3. The van der Waals surface area contributed by atoms with Crippen LogP contribution in [0.2, 0.25) is 0 Å². The van der Waals surface area contributed by atoms with Crippen molar-refractivity contribution >= 4 is 17.7 Å². The van der Waals surface area contributed by atoms with E-state index in [9.17, 15) is 14.6 Å². The summed E-state index contributed by atoms with van der Waals surface area (Å²) in [7, 11) is 0. The largest absolute Gasteiger partial charge is 0.298 e. The topological polar surface area (TPSA) is 75.9 Å². The Morgan fingerprint density at radius 1 is 1.17 bits per heavy atom. The number of hydrogen-bond acceptors (Lipinski definition) is 5. The molecular weight excluding hydrogens is 160 g/mol. The van der Waals surface area contributed by atoms with E-state index in [1.807, 2.05) is 0 Å². The number of nitroso groups, excluding NO2 is 2. The van der Waals surface area contributed by atoms with E-state index in [1.54, 1.807) is 0 Å². The highest BCUT2D eigenvalue weighted by Gasteiger charge is 2.02. The minimum atomic E-state index is 0.0115. The summed E-state index contributed by atoms with van der Waals surface area (Å²) in [6.07, 6.45) is 0.450. The Morgan fingerprint density at radius 2 is 1.92 bits per heavy atom. The molecule has 0 aromatic heterocycles. The van der Waals surface area contributed by atoms with Crippen molar-refractivity contribution in [3.05, 3.63) is 33.6 Å². The van der Waals surface area contributed by atoms with Gasteiger partial charge >= 0.3 is 0 Å². The van der Waals surface area contributed by atoms with Gasteiger partial charge in [-0.1, -0.05) is 0 Å². The molecule has 0 atom stereocenters. The molecular formula is C7H4N2O3. The second-order valence-electron chi connectivity index (χ2n) is 2.04. The molecule has 0 saturated carbocycles. The molecule has 1 aromatic rings. The number of aldehydes is 1. The first-order chi connectivity index (χ1) is 5.81. The van der Waals surface area contributed by atoms with Crippen LogP contribution in [-0.4, -0.2) is 6.29 Å². The van der Waals surface area contributed by atoms with Gasteiger partial charge < -0.3 is 0 Å². The van der Waals surface area contributed by atoms with Gasteiger partial charge in [-0.2, -0.15) is 0 Å². The van der Waals surface area contributed by atoms with Gasteiger partial charge in [0.15, 0.2) is 6.29 Å². The molecule has 0 unspecified atom stereocenters. The first kappa shape index (κ1) is 8.19. The van der Waals surface area contributed by atoms with Crippen LogP contribution in [0, 0.1) is 9.81 Å². The van der Waals surface area contributed by atoms with Crippen LogP contribution in [-0.2, 0) is 0 Å². The predicted molar refractivity (Wildman–Crippen MR) is 42.7 cm³/mol. The first-order valence-electron chi connectivity index (χ1n) is 3.07. The molecule has 0 amide bonds. The highest BCUT2D eigenvalue weighted by atomic mass is 16.3. The third kappa shape index (κ3) is 1.39. The van der Waals surface area contributed by atoms with Crippen LogP contribution in [0.1, 0.15) is 10.4 Å². The highest BCUT2D eigenvalue weighted by molar-refractivity contribution is 5.84. The van der Waals surface area contributed by atoms with Crippen LogP contribution in [0.4, 0.5) is 11.4 Å². The number of nitrogens with zero attached hydrogens (tertiary/aromatic N) is 2. The van der Waals surface area contributed by atoms with Crippen LogP contribution < -0.4 is 0 Å². The van der Waals surface area contributed by atoms with E-state index in [2.05, 4.69) is 10.4 Å². The van der Waals surface area contributed by atoms with E-state index in [0.29, 0.717) is 6.29 Å². The molecule has 0 aliphatic carbocycles. The van der Waals surface area contributed by atoms with Gasteiger partial charge in [0.2, 0.25) is 0 Å². The smallest absolute Gasteiger partial charge is 0.152 e. The number of benzene rings is 1. The standard InChI is InChI=1S/C7H4N2O3/c10-4-5-3-6(8-11)1-2-7(5)9-12/h1-4H. The van der Waals surface area contributed by atoms with Gasteiger partial charge in [0, 0.05) is 5.56 Å². The first-order valence-corrected chi connectivity index (χ1v) is 3.07. The zero-order valence-electron chi connectivity index (χ0n) is 5.93. The minimum Gasteiger partial charge on any atom is -0.298 e. The van der Waals surface area contributed by atoms with Gasteiger partial charge in [0.1, 0.15) is 11.4 Å². The molecule has 1 aromatic carbocycles. The van der Waals surface area contributed by atoms with Gasteiger partial charge in [-0.05, 0) is 28.6 Å². The summed E-state index contributed by atoms with van der Waals surface area (Å²) in [6.45, 7) is 0. The van der Waals surface area contributed by atoms with E-state index in [0.717, 1.165) is 0 Å². The van der Waals surface area contributed by atoms with Crippen LogP contribution in [0.15, 0.2) is 28.6 Å². The predicted octanol–water partition coefficient (Wildman–Crippen LogP) is 2.29. The van der Waals surface area contributed by atoms with Gasteiger partial charge in [-0.15, -0.1) is 9.81 Å². The second-order valence-corrected chi connectivity index (χ2v) is 2.04. The summed E-state index contributed by atoms with van der Waals surface area (Å²) < 4.78 is 0. The van der Waals surface area contributed by atoms with E-state index in [-0.39, 0.29) is 16.9 Å². The SMILES string of the molecule is O=Cc1cc(N=O)ccc1N=O. The quantitative estimate of drug-likeness (QED) is 0.508. The Kier molecular flexibility index (Phi) is 2.37. The van der Waals surface area contributed by atoms with Crippen molar-refractivity contribution in [3.63, 3.8) is 0 Å².